The van der Waals surface area contributed by atoms with Gasteiger partial charge in [0.15, 0.2) is 0 Å². The number of carbonyl (C=O) groups excluding carboxylic acids is 1. The second-order valence-corrected chi connectivity index (χ2v) is 5.67. The predicted molar refractivity (Wildman–Crippen MR) is 85.8 cm³/mol. The molecule has 0 fully saturated rings. The number of carbonyl (C=O) groups is 2. The van der Waals surface area contributed by atoms with Crippen LogP contribution in [0, 0.1) is 0 Å². The first-order chi connectivity index (χ1) is 11.0. The Balaban J connectivity index is 1.84. The second-order valence-electron chi connectivity index (χ2n) is 5.23. The zero-order valence-electron chi connectivity index (χ0n) is 12.1. The number of nitrogens with zero attached hydrogens (tertiary/aromatic N) is 2. The van der Waals surface area contributed by atoms with Gasteiger partial charge in [0.2, 0.25) is 0 Å². The maximum atomic E-state index is 12.6. The van der Waals surface area contributed by atoms with Crippen molar-refractivity contribution >= 4 is 29.4 Å². The van der Waals surface area contributed by atoms with Crippen LogP contribution in [0.5, 0.6) is 0 Å². The maximum Gasteiger partial charge on any atom is 0.410 e. The molecule has 6 nitrogen and oxygen atoms in total. The fraction of sp³-hybridized carbons (Fsp3) is 0.188. The minimum atomic E-state index is -1.26. The third-order valence-corrected chi connectivity index (χ3v) is 3.88. The van der Waals surface area contributed by atoms with E-state index in [4.69, 9.17) is 16.7 Å². The lowest BCUT2D eigenvalue weighted by Gasteiger charge is -2.28. The summed E-state index contributed by atoms with van der Waals surface area (Å²) in [6.45, 7) is 1.09. The lowest BCUT2D eigenvalue weighted by Crippen LogP contribution is -2.36. The van der Waals surface area contributed by atoms with Gasteiger partial charge in [0.1, 0.15) is 11.5 Å². The Kier molecular flexibility index (Phi) is 4.16. The monoisotopic (exact) mass is 331 g/mol. The number of pyridine rings is 1. The third-order valence-electron chi connectivity index (χ3n) is 3.66. The van der Waals surface area contributed by atoms with Crippen molar-refractivity contribution < 1.29 is 14.7 Å². The van der Waals surface area contributed by atoms with Gasteiger partial charge >= 0.3 is 6.09 Å². The fourth-order valence-electron chi connectivity index (χ4n) is 2.61. The highest BCUT2D eigenvalue weighted by Crippen LogP contribution is 2.22. The lowest BCUT2D eigenvalue weighted by atomic mass is 10.00. The summed E-state index contributed by atoms with van der Waals surface area (Å²) in [4.78, 5) is 29.1. The first-order valence-corrected chi connectivity index (χ1v) is 7.44. The first-order valence-electron chi connectivity index (χ1n) is 7.06. The quantitative estimate of drug-likeness (QED) is 0.886. The van der Waals surface area contributed by atoms with Gasteiger partial charge in [0.05, 0.1) is 0 Å². The van der Waals surface area contributed by atoms with E-state index in [0.717, 1.165) is 12.0 Å². The van der Waals surface area contributed by atoms with Crippen LogP contribution in [0.25, 0.3) is 0 Å². The van der Waals surface area contributed by atoms with Crippen LogP contribution in [-0.4, -0.2) is 33.5 Å². The highest BCUT2D eigenvalue weighted by atomic mass is 35.5. The number of rotatable bonds is 2. The van der Waals surface area contributed by atoms with Crippen molar-refractivity contribution in [3.05, 3.63) is 58.2 Å². The molecular formula is C16H14ClN3O3. The Labute approximate surface area is 137 Å². The topological polar surface area (TPSA) is 82.5 Å². The number of hydrogen-bond donors (Lipinski definition) is 2. The van der Waals surface area contributed by atoms with E-state index in [-0.39, 0.29) is 22.4 Å². The summed E-state index contributed by atoms with van der Waals surface area (Å²) in [6, 6.07) is 10.8. The highest BCUT2D eigenvalue weighted by molar-refractivity contribution is 6.31. The second kappa shape index (κ2) is 6.26. The van der Waals surface area contributed by atoms with Crippen molar-refractivity contribution in [2.45, 2.75) is 13.0 Å². The van der Waals surface area contributed by atoms with E-state index < -0.39 is 6.09 Å². The summed E-state index contributed by atoms with van der Waals surface area (Å²) in [5.74, 6) is -0.235. The Hall–Kier alpha value is -2.60. The molecule has 0 spiro atoms. The van der Waals surface area contributed by atoms with Gasteiger partial charge in [-0.2, -0.15) is 0 Å². The molecule has 1 aliphatic heterocycles. The Bertz CT molecular complexity index is 779. The van der Waals surface area contributed by atoms with Gasteiger partial charge in [-0.15, -0.1) is 0 Å². The molecule has 1 aromatic carbocycles. The average molecular weight is 332 g/mol. The van der Waals surface area contributed by atoms with E-state index in [2.05, 4.69) is 16.4 Å². The molecule has 0 radical (unpaired) electrons. The summed E-state index contributed by atoms with van der Waals surface area (Å²) in [5, 5.41) is 11.1. The van der Waals surface area contributed by atoms with E-state index in [1.807, 2.05) is 18.2 Å². The maximum absolute atomic E-state index is 12.6. The molecule has 2 amide bonds. The molecule has 0 unspecified atom stereocenters. The van der Waals surface area contributed by atoms with E-state index in [9.17, 15) is 9.59 Å². The molecule has 23 heavy (non-hydrogen) atoms. The van der Waals surface area contributed by atoms with Crippen LogP contribution >= 0.6 is 11.6 Å². The zero-order chi connectivity index (χ0) is 16.4. The molecule has 0 saturated heterocycles. The average Bonchev–Trinajstić information content (AvgIpc) is 2.52. The largest absolute Gasteiger partial charge is 0.465 e. The Morgan fingerprint density at radius 1 is 1.22 bits per heavy atom. The van der Waals surface area contributed by atoms with Crippen LogP contribution < -0.4 is 5.32 Å². The van der Waals surface area contributed by atoms with Gasteiger partial charge in [-0.25, -0.2) is 9.78 Å². The molecule has 1 aliphatic rings. The number of nitrogens with one attached hydrogen (secondary N) is 1. The molecule has 1 aromatic heterocycles. The fourth-order valence-corrected chi connectivity index (χ4v) is 2.82. The summed E-state index contributed by atoms with van der Waals surface area (Å²) in [5.41, 5.74) is 2.47. The molecule has 118 valence electrons. The molecule has 0 saturated carbocycles. The smallest absolute Gasteiger partial charge is 0.410 e. The van der Waals surface area contributed by atoms with Gasteiger partial charge < -0.3 is 10.0 Å². The standard InChI is InChI=1S/C16H14ClN3O3/c17-12-7-13(18-14(8-12)19-16(22)23)15(21)20-6-5-10-3-1-2-4-11(10)9-20/h1-4,7-8H,5-6,9H2,(H,18,19)(H,22,23). The number of amides is 2. The predicted octanol–water partition coefficient (Wildman–Crippen LogP) is 3.02. The highest BCUT2D eigenvalue weighted by Gasteiger charge is 2.23. The van der Waals surface area contributed by atoms with E-state index in [1.54, 1.807) is 4.90 Å². The number of fused-ring (bicyclic) bond motifs is 1. The van der Waals surface area contributed by atoms with Gasteiger partial charge in [-0.3, -0.25) is 10.1 Å². The van der Waals surface area contributed by atoms with Crippen LogP contribution in [-0.2, 0) is 13.0 Å². The zero-order valence-corrected chi connectivity index (χ0v) is 12.9. The summed E-state index contributed by atoms with van der Waals surface area (Å²) in [6.07, 6.45) is -0.479. The van der Waals surface area contributed by atoms with Crippen molar-refractivity contribution in [3.8, 4) is 0 Å². The molecule has 0 atom stereocenters. The molecule has 7 heteroatoms. The van der Waals surface area contributed by atoms with Crippen LogP contribution in [0.4, 0.5) is 10.6 Å². The van der Waals surface area contributed by atoms with Crippen molar-refractivity contribution in [1.29, 1.82) is 0 Å². The van der Waals surface area contributed by atoms with Crippen LogP contribution in [0.3, 0.4) is 0 Å². The van der Waals surface area contributed by atoms with E-state index in [1.165, 1.54) is 17.7 Å². The van der Waals surface area contributed by atoms with Crippen molar-refractivity contribution in [1.82, 2.24) is 9.88 Å². The van der Waals surface area contributed by atoms with Crippen molar-refractivity contribution in [3.63, 3.8) is 0 Å². The SMILES string of the molecule is O=C(O)Nc1cc(Cl)cc(C(=O)N2CCc3ccccc3C2)n1. The Morgan fingerprint density at radius 3 is 2.70 bits per heavy atom. The summed E-state index contributed by atoms with van der Waals surface area (Å²) >= 11 is 5.95. The molecule has 2 N–H and O–H groups in total. The molecule has 0 bridgehead atoms. The van der Waals surface area contributed by atoms with Gasteiger partial charge in [0.25, 0.3) is 5.91 Å². The third kappa shape index (κ3) is 3.43. The Morgan fingerprint density at radius 2 is 1.96 bits per heavy atom. The van der Waals surface area contributed by atoms with E-state index >= 15 is 0 Å². The van der Waals surface area contributed by atoms with Gasteiger partial charge in [0, 0.05) is 18.1 Å². The number of hydrogen-bond acceptors (Lipinski definition) is 3. The summed E-state index contributed by atoms with van der Waals surface area (Å²) in [7, 11) is 0. The number of carboxylic acid groups (broad SMARTS) is 1. The molecule has 0 aliphatic carbocycles. The minimum absolute atomic E-state index is 0.0331. The number of halogens is 1. The van der Waals surface area contributed by atoms with Crippen molar-refractivity contribution in [2.75, 3.05) is 11.9 Å². The van der Waals surface area contributed by atoms with Gasteiger partial charge in [-0.1, -0.05) is 35.9 Å². The first kappa shape index (κ1) is 15.3. The normalized spacial score (nSPS) is 13.3. The van der Waals surface area contributed by atoms with Crippen LogP contribution in [0.2, 0.25) is 5.02 Å². The lowest BCUT2D eigenvalue weighted by molar-refractivity contribution is 0.0729. The van der Waals surface area contributed by atoms with Crippen LogP contribution in [0.15, 0.2) is 36.4 Å². The number of benzene rings is 1. The molecule has 3 rings (SSSR count). The number of aromatic nitrogens is 1. The molecule has 2 aromatic rings. The summed E-state index contributed by atoms with van der Waals surface area (Å²) < 4.78 is 0. The minimum Gasteiger partial charge on any atom is -0.465 e. The van der Waals surface area contributed by atoms with Gasteiger partial charge in [-0.05, 0) is 29.7 Å². The molecular weight excluding hydrogens is 318 g/mol. The van der Waals surface area contributed by atoms with Crippen LogP contribution in [0.1, 0.15) is 21.6 Å². The molecule has 2 heterocycles. The van der Waals surface area contributed by atoms with E-state index in [0.29, 0.717) is 13.1 Å². The number of anilines is 1. The van der Waals surface area contributed by atoms with Crippen molar-refractivity contribution in [2.24, 2.45) is 0 Å².